The third-order valence-electron chi connectivity index (χ3n) is 4.48. The van der Waals surface area contributed by atoms with E-state index in [4.69, 9.17) is 11.6 Å². The highest BCUT2D eigenvalue weighted by molar-refractivity contribution is 9.10. The maximum absolute atomic E-state index is 13.2. The van der Waals surface area contributed by atoms with E-state index >= 15 is 0 Å². The molecule has 30 heavy (non-hydrogen) atoms. The first-order chi connectivity index (χ1) is 14.0. The minimum absolute atomic E-state index is 0.140. The van der Waals surface area contributed by atoms with Gasteiger partial charge in [0, 0.05) is 18.1 Å². The molecule has 162 valence electrons. The lowest BCUT2D eigenvalue weighted by atomic mass is 10.1. The first-order valence-corrected chi connectivity index (χ1v) is 12.0. The van der Waals surface area contributed by atoms with E-state index in [9.17, 15) is 18.0 Å². The van der Waals surface area contributed by atoms with Gasteiger partial charge in [0.15, 0.2) is 0 Å². The van der Waals surface area contributed by atoms with Crippen molar-refractivity contribution in [3.8, 4) is 0 Å². The number of amides is 2. The number of halogens is 2. The van der Waals surface area contributed by atoms with Crippen molar-refractivity contribution in [1.29, 1.82) is 0 Å². The Morgan fingerprint density at radius 3 is 2.27 bits per heavy atom. The van der Waals surface area contributed by atoms with Crippen molar-refractivity contribution in [1.82, 2.24) is 10.2 Å². The maximum atomic E-state index is 13.2. The average Bonchev–Trinajstić information content (AvgIpc) is 2.70. The van der Waals surface area contributed by atoms with Crippen molar-refractivity contribution in [3.05, 3.63) is 63.6 Å². The highest BCUT2D eigenvalue weighted by Crippen LogP contribution is 2.27. The normalized spacial score (nSPS) is 12.2. The van der Waals surface area contributed by atoms with Gasteiger partial charge in [0.25, 0.3) is 0 Å². The van der Waals surface area contributed by atoms with Gasteiger partial charge < -0.3 is 10.2 Å². The van der Waals surface area contributed by atoms with Crippen LogP contribution in [-0.4, -0.2) is 51.0 Å². The Balaban J connectivity index is 2.38. The molecule has 0 unspecified atom stereocenters. The fourth-order valence-corrected chi connectivity index (χ4v) is 4.24. The van der Waals surface area contributed by atoms with Crippen LogP contribution < -0.4 is 9.62 Å². The minimum atomic E-state index is -3.80. The first kappa shape index (κ1) is 24.2. The lowest BCUT2D eigenvalue weighted by molar-refractivity contribution is -0.139. The van der Waals surface area contributed by atoms with E-state index in [2.05, 4.69) is 21.2 Å². The van der Waals surface area contributed by atoms with Crippen molar-refractivity contribution in [2.75, 3.05) is 24.2 Å². The van der Waals surface area contributed by atoms with Crippen molar-refractivity contribution < 1.29 is 18.0 Å². The quantitative estimate of drug-likeness (QED) is 0.584. The van der Waals surface area contributed by atoms with E-state index in [-0.39, 0.29) is 23.2 Å². The van der Waals surface area contributed by atoms with Crippen LogP contribution in [0.5, 0.6) is 0 Å². The van der Waals surface area contributed by atoms with Gasteiger partial charge in [-0.1, -0.05) is 51.8 Å². The van der Waals surface area contributed by atoms with Crippen LogP contribution in [0.4, 0.5) is 5.69 Å². The van der Waals surface area contributed by atoms with Crippen LogP contribution in [0.3, 0.4) is 0 Å². The smallest absolute Gasteiger partial charge is 0.244 e. The summed E-state index contributed by atoms with van der Waals surface area (Å²) in [6.45, 7) is 1.25. The van der Waals surface area contributed by atoms with Gasteiger partial charge in [-0.15, -0.1) is 0 Å². The molecule has 0 saturated heterocycles. The number of anilines is 1. The number of nitrogens with zero attached hydrogens (tertiary/aromatic N) is 2. The molecule has 0 saturated carbocycles. The second-order valence-corrected chi connectivity index (χ2v) is 9.89. The molecule has 2 aromatic carbocycles. The number of hydrogen-bond donors (Lipinski definition) is 1. The highest BCUT2D eigenvalue weighted by Gasteiger charge is 2.30. The largest absolute Gasteiger partial charge is 0.357 e. The minimum Gasteiger partial charge on any atom is -0.357 e. The van der Waals surface area contributed by atoms with Crippen molar-refractivity contribution >= 4 is 55.1 Å². The highest BCUT2D eigenvalue weighted by atomic mass is 79.9. The van der Waals surface area contributed by atoms with E-state index in [0.717, 1.165) is 20.6 Å². The van der Waals surface area contributed by atoms with E-state index < -0.39 is 28.5 Å². The summed E-state index contributed by atoms with van der Waals surface area (Å²) in [5.41, 5.74) is 0.997. The zero-order valence-corrected chi connectivity index (χ0v) is 20.0. The first-order valence-electron chi connectivity index (χ1n) is 9.02. The monoisotopic (exact) mass is 515 g/mol. The standard InChI is InChI=1S/C20H23BrClN3O4S/c1-14(20(27)23-2)24(12-15-8-10-16(21)11-9-15)19(26)13-25(30(3,28)29)18-7-5-4-6-17(18)22/h4-11,14H,12-13H2,1-3H3,(H,23,27)/t14-/m0/s1. The fraction of sp³-hybridized carbons (Fsp3) is 0.300. The van der Waals surface area contributed by atoms with Gasteiger partial charge in [0.05, 0.1) is 17.0 Å². The summed E-state index contributed by atoms with van der Waals surface area (Å²) in [6.07, 6.45) is 1.00. The zero-order valence-electron chi connectivity index (χ0n) is 16.8. The molecule has 7 nitrogen and oxygen atoms in total. The van der Waals surface area contributed by atoms with Gasteiger partial charge in [0.2, 0.25) is 21.8 Å². The number of hydrogen-bond acceptors (Lipinski definition) is 4. The second-order valence-electron chi connectivity index (χ2n) is 6.66. The van der Waals surface area contributed by atoms with E-state index in [0.29, 0.717) is 0 Å². The van der Waals surface area contributed by atoms with E-state index in [1.54, 1.807) is 25.1 Å². The number of rotatable bonds is 8. The molecule has 1 N–H and O–H groups in total. The van der Waals surface area contributed by atoms with E-state index in [1.807, 2.05) is 24.3 Å². The van der Waals surface area contributed by atoms with Crippen molar-refractivity contribution in [2.24, 2.45) is 0 Å². The van der Waals surface area contributed by atoms with Gasteiger partial charge in [-0.05, 0) is 36.8 Å². The summed E-state index contributed by atoms with van der Waals surface area (Å²) in [6, 6.07) is 12.9. The molecule has 0 aliphatic carbocycles. The van der Waals surface area contributed by atoms with Gasteiger partial charge >= 0.3 is 0 Å². The summed E-state index contributed by atoms with van der Waals surface area (Å²) >= 11 is 9.53. The van der Waals surface area contributed by atoms with Gasteiger partial charge in [-0.3, -0.25) is 13.9 Å². The van der Waals surface area contributed by atoms with Crippen LogP contribution in [0.25, 0.3) is 0 Å². The summed E-state index contributed by atoms with van der Waals surface area (Å²) in [4.78, 5) is 26.8. The Morgan fingerprint density at radius 2 is 1.73 bits per heavy atom. The number of benzene rings is 2. The molecule has 0 heterocycles. The number of carbonyl (C=O) groups excluding carboxylic acids is 2. The van der Waals surface area contributed by atoms with Crippen LogP contribution in [0.2, 0.25) is 5.02 Å². The number of sulfonamides is 1. The lowest BCUT2D eigenvalue weighted by Gasteiger charge is -2.31. The van der Waals surface area contributed by atoms with Gasteiger partial charge in [-0.2, -0.15) is 0 Å². The van der Waals surface area contributed by atoms with Crippen LogP contribution in [0.15, 0.2) is 53.0 Å². The average molecular weight is 517 g/mol. The molecule has 2 aromatic rings. The lowest BCUT2D eigenvalue weighted by Crippen LogP contribution is -2.50. The van der Waals surface area contributed by atoms with E-state index in [1.165, 1.54) is 18.0 Å². The van der Waals surface area contributed by atoms with Crippen molar-refractivity contribution in [2.45, 2.75) is 19.5 Å². The molecule has 0 fully saturated rings. The molecule has 0 radical (unpaired) electrons. The Kier molecular flexibility index (Phi) is 8.28. The molecule has 2 rings (SSSR count). The van der Waals surface area contributed by atoms with Crippen LogP contribution in [-0.2, 0) is 26.2 Å². The van der Waals surface area contributed by atoms with Crippen LogP contribution >= 0.6 is 27.5 Å². The summed E-state index contributed by atoms with van der Waals surface area (Å²) in [7, 11) is -2.32. The number of nitrogens with one attached hydrogen (secondary N) is 1. The molecule has 0 bridgehead atoms. The fourth-order valence-electron chi connectivity index (χ4n) is 2.83. The maximum Gasteiger partial charge on any atom is 0.244 e. The Morgan fingerprint density at radius 1 is 1.13 bits per heavy atom. The SMILES string of the molecule is CNC(=O)[C@H](C)N(Cc1ccc(Br)cc1)C(=O)CN(c1ccccc1Cl)S(C)(=O)=O. The van der Waals surface area contributed by atoms with Crippen molar-refractivity contribution in [3.63, 3.8) is 0 Å². The third kappa shape index (κ3) is 6.20. The van der Waals surface area contributed by atoms with Crippen LogP contribution in [0.1, 0.15) is 12.5 Å². The predicted octanol–water partition coefficient (Wildman–Crippen LogP) is 3.03. The Labute approximate surface area is 190 Å². The summed E-state index contributed by atoms with van der Waals surface area (Å²) < 4.78 is 26.6. The third-order valence-corrected chi connectivity index (χ3v) is 6.45. The molecule has 0 aliphatic heterocycles. The second kappa shape index (κ2) is 10.3. The molecular formula is C20H23BrClN3O4S. The Bertz CT molecular complexity index is 1010. The molecular weight excluding hydrogens is 494 g/mol. The molecule has 0 spiro atoms. The van der Waals surface area contributed by atoms with Gasteiger partial charge in [0.1, 0.15) is 12.6 Å². The van der Waals surface area contributed by atoms with Crippen LogP contribution in [0, 0.1) is 0 Å². The number of carbonyl (C=O) groups is 2. The molecule has 0 aromatic heterocycles. The molecule has 0 aliphatic rings. The summed E-state index contributed by atoms with van der Waals surface area (Å²) in [5.74, 6) is -0.886. The van der Waals surface area contributed by atoms with Gasteiger partial charge in [-0.25, -0.2) is 8.42 Å². The number of para-hydroxylation sites is 1. The molecule has 2 amide bonds. The predicted molar refractivity (Wildman–Crippen MR) is 122 cm³/mol. The Hall–Kier alpha value is -2.10. The number of likely N-dealkylation sites (N-methyl/N-ethyl adjacent to an activating group) is 1. The topological polar surface area (TPSA) is 86.8 Å². The molecule has 1 atom stereocenters. The zero-order chi connectivity index (χ0) is 22.5. The summed E-state index contributed by atoms with van der Waals surface area (Å²) in [5, 5.41) is 2.73. The molecule has 10 heteroatoms.